The van der Waals surface area contributed by atoms with Crippen molar-refractivity contribution in [1.82, 2.24) is 35.4 Å². The summed E-state index contributed by atoms with van der Waals surface area (Å²) in [4.78, 5) is 70.6. The molecule has 0 aliphatic carbocycles. The summed E-state index contributed by atoms with van der Waals surface area (Å²) in [5, 5.41) is 27.8. The third-order valence-electron chi connectivity index (χ3n) is 13.6. The van der Waals surface area contributed by atoms with Crippen LogP contribution in [0.1, 0.15) is 137 Å². The van der Waals surface area contributed by atoms with Gasteiger partial charge in [-0.3, -0.25) is 19.9 Å². The van der Waals surface area contributed by atoms with Gasteiger partial charge in [0.25, 0.3) is 0 Å². The number of hydrogen-bond donors (Lipinski definition) is 3. The Balaban J connectivity index is 1.45. The first kappa shape index (κ1) is 49.4. The molecule has 0 bridgehead atoms. The third kappa shape index (κ3) is 10.2. The van der Waals surface area contributed by atoms with E-state index >= 15 is 9.59 Å². The van der Waals surface area contributed by atoms with E-state index in [0.717, 1.165) is 64.9 Å². The number of carbonyl (C=O) groups excluding carboxylic acids is 4. The molecular formula is C47H72N8O5S3. The van der Waals surface area contributed by atoms with E-state index in [2.05, 4.69) is 35.0 Å². The first-order chi connectivity index (χ1) is 29.5. The maximum Gasteiger partial charge on any atom is 0.342 e. The number of aliphatic imine (C=N–C) groups is 1. The molecule has 9 atom stereocenters. The number of nitrogens with zero attached hydrogens (tertiary/aromatic N) is 5. The van der Waals surface area contributed by atoms with Crippen molar-refractivity contribution in [3.05, 3.63) is 51.6 Å². The van der Waals surface area contributed by atoms with E-state index < -0.39 is 47.1 Å². The lowest BCUT2D eigenvalue weighted by molar-refractivity contribution is -0.139. The van der Waals surface area contributed by atoms with Crippen LogP contribution in [0.2, 0.25) is 0 Å². The van der Waals surface area contributed by atoms with Crippen LogP contribution in [-0.4, -0.2) is 104 Å². The largest absolute Gasteiger partial charge is 0.783 e. The zero-order valence-corrected chi connectivity index (χ0v) is 42.0. The highest BCUT2D eigenvalue weighted by Gasteiger charge is 2.57. The molecule has 3 fully saturated rings. The van der Waals surface area contributed by atoms with E-state index in [9.17, 15) is 14.8 Å². The fourth-order valence-corrected chi connectivity index (χ4v) is 14.5. The summed E-state index contributed by atoms with van der Waals surface area (Å²) in [7, 11) is 2.00. The molecule has 2 aromatic rings. The average Bonchev–Trinajstić information content (AvgIpc) is 3.87. The number of amidine groups is 1. The van der Waals surface area contributed by atoms with E-state index in [4.69, 9.17) is 9.98 Å². The maximum absolute atomic E-state index is 15.7. The fourth-order valence-electron chi connectivity index (χ4n) is 10.1. The minimum atomic E-state index is -1.13. The van der Waals surface area contributed by atoms with Crippen molar-refractivity contribution in [2.45, 2.75) is 161 Å². The molecule has 1 aromatic heterocycles. The van der Waals surface area contributed by atoms with Gasteiger partial charge in [0.1, 0.15) is 17.6 Å². The molecule has 6 rings (SSSR count). The monoisotopic (exact) mass is 924 g/mol. The lowest BCUT2D eigenvalue weighted by atomic mass is 9.81. The summed E-state index contributed by atoms with van der Waals surface area (Å²) in [6.45, 7) is 21.8. The van der Waals surface area contributed by atoms with Crippen molar-refractivity contribution < 1.29 is 19.2 Å². The predicted octanol–water partition coefficient (Wildman–Crippen LogP) is 8.66. The first-order valence-corrected chi connectivity index (χ1v) is 25.8. The molecule has 3 N–H and O–H groups in total. The molecular weight excluding hydrogens is 853 g/mol. The van der Waals surface area contributed by atoms with Gasteiger partial charge in [-0.25, -0.2) is 19.1 Å². The number of hydroxylamine groups is 2. The number of likely N-dealkylation sites (N-methyl/N-ethyl adjacent to an activating group) is 1. The fraction of sp³-hybridized carbons (Fsp3) is 0.702. The summed E-state index contributed by atoms with van der Waals surface area (Å²) in [5.41, 5.74) is 0.251. The summed E-state index contributed by atoms with van der Waals surface area (Å²) in [6, 6.07) is 3.84. The number of quaternary nitrogens is 1. The minimum Gasteiger partial charge on any atom is -0.783 e. The molecule has 3 saturated heterocycles. The molecule has 63 heavy (non-hydrogen) atoms. The van der Waals surface area contributed by atoms with Crippen molar-refractivity contribution >= 4 is 70.1 Å². The topological polar surface area (TPSA) is 159 Å². The van der Waals surface area contributed by atoms with Crippen molar-refractivity contribution in [1.29, 1.82) is 0 Å². The molecule has 4 aliphatic rings. The smallest absolute Gasteiger partial charge is 0.342 e. The number of nitrogens with one attached hydrogen (secondary N) is 3. The van der Waals surface area contributed by atoms with E-state index in [-0.39, 0.29) is 62.5 Å². The standard InChI is InChI=1S/C47H72N8O5S3/c1-13-20-47(62-23-16-24-63-47)27-34(42-48-21-25-61-42)55(12)33-18-15-14-17-31(33)30(5)36(43(55)58)50-41(57)37(45(6,7)8)51-39-38(46(9,10)11)54(60)40(28(2)3)49-35(56)26-32-29(4)19-22-53(32)44(59)52-39/h14-15,17-18,21,25,28-30,32,34,36-38,40H,13,16,19-20,22-24,26-27H2,1-12H3,(H,49,56)(H,50,57)(H,51,52,59)/t29-,30?,32-,34-,36?,37?,38?,40-,55?/m1/s1. The number of benzene rings is 1. The van der Waals surface area contributed by atoms with Gasteiger partial charge in [-0.1, -0.05) is 101 Å². The van der Waals surface area contributed by atoms with E-state index in [0.29, 0.717) is 6.54 Å². The van der Waals surface area contributed by atoms with Gasteiger partial charge in [0, 0.05) is 48.5 Å². The predicted molar refractivity (Wildman–Crippen MR) is 259 cm³/mol. The van der Waals surface area contributed by atoms with Crippen LogP contribution in [0.25, 0.3) is 0 Å². The summed E-state index contributed by atoms with van der Waals surface area (Å²) in [5.74, 6) is 0.698. The van der Waals surface area contributed by atoms with Gasteiger partial charge in [-0.05, 0) is 59.5 Å². The molecule has 5 unspecified atom stereocenters. The Morgan fingerprint density at radius 3 is 2.38 bits per heavy atom. The van der Waals surface area contributed by atoms with Crippen molar-refractivity contribution in [2.75, 3.05) is 25.1 Å². The van der Waals surface area contributed by atoms with Crippen LogP contribution in [0.4, 0.5) is 10.5 Å². The van der Waals surface area contributed by atoms with Crippen LogP contribution in [0, 0.1) is 27.9 Å². The normalized spacial score (nSPS) is 30.2. The molecule has 13 nitrogen and oxygen atoms in total. The van der Waals surface area contributed by atoms with E-state index in [1.807, 2.05) is 124 Å². The second-order valence-corrected chi connectivity index (χ2v) is 25.0. The van der Waals surface area contributed by atoms with Gasteiger partial charge in [0.2, 0.25) is 11.8 Å². The number of rotatable bonds is 10. The minimum absolute atomic E-state index is 0.0503. The van der Waals surface area contributed by atoms with Crippen molar-refractivity contribution in [3.63, 3.8) is 0 Å². The highest BCUT2D eigenvalue weighted by molar-refractivity contribution is 8.18. The number of urea groups is 1. The Morgan fingerprint density at radius 1 is 1.10 bits per heavy atom. The zero-order chi connectivity index (χ0) is 46.2. The Morgan fingerprint density at radius 2 is 1.78 bits per heavy atom. The van der Waals surface area contributed by atoms with E-state index in [1.165, 1.54) is 0 Å². The molecule has 348 valence electrons. The Labute approximate surface area is 388 Å². The number of aromatic nitrogens is 1. The second kappa shape index (κ2) is 19.4. The number of para-hydroxylation sites is 1. The van der Waals surface area contributed by atoms with Crippen LogP contribution >= 0.6 is 34.9 Å². The Kier molecular flexibility index (Phi) is 15.3. The lowest BCUT2D eigenvalue weighted by Gasteiger charge is -2.50. The number of fused-ring (bicyclic) bond motifs is 2. The van der Waals surface area contributed by atoms with Crippen LogP contribution in [0.15, 0.2) is 40.8 Å². The van der Waals surface area contributed by atoms with Crippen molar-refractivity contribution in [3.8, 4) is 0 Å². The van der Waals surface area contributed by atoms with Crippen LogP contribution in [0.5, 0.6) is 0 Å². The Hall–Kier alpha value is -3.02. The Bertz CT molecular complexity index is 1990. The molecule has 0 radical (unpaired) electrons. The average molecular weight is 925 g/mol. The maximum atomic E-state index is 15.7. The van der Waals surface area contributed by atoms with Crippen molar-refractivity contribution in [2.24, 2.45) is 27.7 Å². The van der Waals surface area contributed by atoms with Gasteiger partial charge >= 0.3 is 11.9 Å². The highest BCUT2D eigenvalue weighted by atomic mass is 32.2. The molecule has 5 heterocycles. The van der Waals surface area contributed by atoms with Crippen LogP contribution in [-0.2, 0) is 14.4 Å². The summed E-state index contributed by atoms with van der Waals surface area (Å²) >= 11 is 5.60. The number of hydrogen-bond acceptors (Lipinski definition) is 11. The SMILES string of the molecule is CCCC1(C[C@H](c2nccs2)[N+]2(C)C(=O)C(NC(=O)C(N=C3NC(=O)N4CC[C@@H](C)[C@H]4CC(=O)N[C@@H](C(C)C)N([O-])C3C(C)(C)C)C(C)(C)C)C(C)c3ccccc32)SCCCS1. The first-order valence-electron chi connectivity index (χ1n) is 22.9. The van der Waals surface area contributed by atoms with Crippen LogP contribution in [0.3, 0.4) is 0 Å². The number of carbonyl (C=O) groups is 4. The molecule has 5 amide bonds. The molecule has 1 aromatic carbocycles. The van der Waals surface area contributed by atoms with Gasteiger partial charge in [0.05, 0.1) is 23.3 Å². The number of amides is 5. The summed E-state index contributed by atoms with van der Waals surface area (Å²) < 4.78 is -0.136. The summed E-state index contributed by atoms with van der Waals surface area (Å²) in [6.07, 6.45) is 5.61. The zero-order valence-electron chi connectivity index (χ0n) is 39.5. The second-order valence-electron chi connectivity index (χ2n) is 20.9. The molecule has 0 spiro atoms. The number of thiazole rings is 1. The van der Waals surface area contributed by atoms with Gasteiger partial charge < -0.3 is 25.8 Å². The van der Waals surface area contributed by atoms with Crippen LogP contribution < -0.4 is 20.4 Å². The van der Waals surface area contributed by atoms with Gasteiger partial charge in [-0.2, -0.15) is 0 Å². The quantitative estimate of drug-likeness (QED) is 0.198. The third-order valence-corrected chi connectivity index (χ3v) is 18.0. The molecule has 16 heteroatoms. The van der Waals surface area contributed by atoms with Gasteiger partial charge in [0.15, 0.2) is 17.1 Å². The lowest BCUT2D eigenvalue weighted by Crippen LogP contribution is -2.66. The number of thioether (sulfide) groups is 2. The van der Waals surface area contributed by atoms with Gasteiger partial charge in [-0.15, -0.1) is 34.9 Å². The molecule has 0 saturated carbocycles. The van der Waals surface area contributed by atoms with E-state index in [1.54, 1.807) is 16.2 Å². The highest BCUT2D eigenvalue weighted by Crippen LogP contribution is 2.55. The molecule has 4 aliphatic heterocycles.